The summed E-state index contributed by atoms with van der Waals surface area (Å²) in [5.41, 5.74) is 0.757. The number of benzene rings is 2. The van der Waals surface area contributed by atoms with Crippen LogP contribution in [-0.4, -0.2) is 39.4 Å². The number of fused-ring (bicyclic) bond motifs is 1. The molecule has 0 aliphatic rings. The number of hydrogen-bond donors (Lipinski definition) is 0. The van der Waals surface area contributed by atoms with Crippen molar-refractivity contribution in [1.29, 1.82) is 0 Å². The van der Waals surface area contributed by atoms with Crippen molar-refractivity contribution in [3.05, 3.63) is 66.4 Å². The van der Waals surface area contributed by atoms with E-state index in [1.165, 1.54) is 4.46 Å². The monoisotopic (exact) mass is 359 g/mol. The van der Waals surface area contributed by atoms with E-state index in [1.54, 1.807) is 4.90 Å². The fourth-order valence-electron chi connectivity index (χ4n) is 2.19. The fourth-order valence-corrected chi connectivity index (χ4v) is 4.19. The summed E-state index contributed by atoms with van der Waals surface area (Å²) in [6.45, 7) is 0.741. The molecule has 0 radical (unpaired) electrons. The molecule has 1 heterocycles. The summed E-state index contributed by atoms with van der Waals surface area (Å²) in [5.74, 6) is 0.357. The summed E-state index contributed by atoms with van der Waals surface area (Å²) in [4.78, 5) is 14.1. The maximum absolute atomic E-state index is 12.4. The van der Waals surface area contributed by atoms with Gasteiger partial charge in [-0.15, -0.1) is 0 Å². The van der Waals surface area contributed by atoms with E-state index in [1.807, 2.05) is 43.4 Å². The van der Waals surface area contributed by atoms with Crippen molar-refractivity contribution in [3.63, 3.8) is 0 Å². The van der Waals surface area contributed by atoms with Gasteiger partial charge in [-0.1, -0.05) is 0 Å². The number of carbonyl (C=O) groups excluding carboxylic acids is 1. The van der Waals surface area contributed by atoms with Gasteiger partial charge in [-0.25, -0.2) is 0 Å². The molecule has 112 valence electrons. The van der Waals surface area contributed by atoms with Gasteiger partial charge in [-0.05, 0) is 0 Å². The van der Waals surface area contributed by atoms with Gasteiger partial charge in [0.15, 0.2) is 0 Å². The number of furan rings is 1. The van der Waals surface area contributed by atoms with Crippen LogP contribution in [0.4, 0.5) is 0 Å². The summed E-state index contributed by atoms with van der Waals surface area (Å²) in [5, 5.41) is 1.96. The predicted molar refractivity (Wildman–Crippen MR) is 89.8 cm³/mol. The van der Waals surface area contributed by atoms with Gasteiger partial charge < -0.3 is 0 Å². The first-order valence-electron chi connectivity index (χ1n) is 7.16. The van der Waals surface area contributed by atoms with Gasteiger partial charge in [0.25, 0.3) is 0 Å². The number of amides is 1. The summed E-state index contributed by atoms with van der Waals surface area (Å²) in [6, 6.07) is 19.9. The van der Waals surface area contributed by atoms with E-state index >= 15 is 0 Å². The molecule has 0 atom stereocenters. The Morgan fingerprint density at radius 1 is 1.09 bits per heavy atom. The third-order valence-corrected chi connectivity index (χ3v) is 5.50. The number of hydrogen-bond acceptors (Lipinski definition) is 2. The molecule has 0 spiro atoms. The van der Waals surface area contributed by atoms with Crippen molar-refractivity contribution >= 4 is 36.3 Å². The minimum atomic E-state index is -0.0555. The average molecular weight is 358 g/mol. The van der Waals surface area contributed by atoms with Crippen LogP contribution < -0.4 is 4.46 Å². The molecule has 3 nitrogen and oxygen atoms in total. The van der Waals surface area contributed by atoms with Crippen molar-refractivity contribution in [2.24, 2.45) is 0 Å². The number of rotatable bonds is 5. The summed E-state index contributed by atoms with van der Waals surface area (Å²) >= 11 is 0.393. The van der Waals surface area contributed by atoms with E-state index in [0.717, 1.165) is 22.8 Å². The second kappa shape index (κ2) is 6.82. The van der Waals surface area contributed by atoms with Crippen LogP contribution in [0.25, 0.3) is 11.0 Å². The third kappa shape index (κ3) is 3.41. The fraction of sp³-hybridized carbons (Fsp3) is 0.167. The van der Waals surface area contributed by atoms with Gasteiger partial charge in [-0.3, -0.25) is 0 Å². The van der Waals surface area contributed by atoms with Crippen LogP contribution in [0.15, 0.2) is 65.1 Å². The van der Waals surface area contributed by atoms with E-state index in [-0.39, 0.29) is 5.91 Å². The molecule has 0 N–H and O–H groups in total. The molecule has 0 aliphatic heterocycles. The SMILES string of the molecule is CN(CC[Se]c1ccccc1)C(=O)c1cc2ccccc2o1. The molecule has 22 heavy (non-hydrogen) atoms. The topological polar surface area (TPSA) is 33.5 Å². The van der Waals surface area contributed by atoms with Crippen LogP contribution in [0.3, 0.4) is 0 Å². The van der Waals surface area contributed by atoms with Crippen molar-refractivity contribution < 1.29 is 9.21 Å². The zero-order chi connectivity index (χ0) is 15.4. The van der Waals surface area contributed by atoms with Crippen molar-refractivity contribution in [3.8, 4) is 0 Å². The zero-order valence-corrected chi connectivity index (χ0v) is 14.1. The maximum atomic E-state index is 12.4. The molecular weight excluding hydrogens is 341 g/mol. The Morgan fingerprint density at radius 2 is 1.82 bits per heavy atom. The molecule has 4 heteroatoms. The van der Waals surface area contributed by atoms with Crippen molar-refractivity contribution in [2.75, 3.05) is 13.6 Å². The molecule has 0 saturated carbocycles. The predicted octanol–water partition coefficient (Wildman–Crippen LogP) is 2.95. The summed E-state index contributed by atoms with van der Waals surface area (Å²) in [6.07, 6.45) is 0. The summed E-state index contributed by atoms with van der Waals surface area (Å²) < 4.78 is 6.99. The van der Waals surface area contributed by atoms with E-state index < -0.39 is 0 Å². The normalized spacial score (nSPS) is 10.8. The first kappa shape index (κ1) is 14.9. The van der Waals surface area contributed by atoms with Crippen LogP contribution >= 0.6 is 0 Å². The van der Waals surface area contributed by atoms with Crippen LogP contribution in [0.5, 0.6) is 0 Å². The van der Waals surface area contributed by atoms with Crippen LogP contribution in [0, 0.1) is 0 Å². The standard InChI is InChI=1S/C18H17NO2Se/c1-19(11-12-22-15-8-3-2-4-9-15)18(20)17-13-14-7-5-6-10-16(14)21-17/h2-10,13H,11-12H2,1H3. The molecule has 0 aliphatic carbocycles. The second-order valence-corrected chi connectivity index (χ2v) is 7.49. The molecule has 0 bridgehead atoms. The van der Waals surface area contributed by atoms with Crippen LogP contribution in [0.2, 0.25) is 5.32 Å². The zero-order valence-electron chi connectivity index (χ0n) is 12.4. The van der Waals surface area contributed by atoms with Crippen molar-refractivity contribution in [2.45, 2.75) is 5.32 Å². The Bertz CT molecular complexity index is 734. The first-order chi connectivity index (χ1) is 10.7. The van der Waals surface area contributed by atoms with Gasteiger partial charge >= 0.3 is 136 Å². The summed E-state index contributed by atoms with van der Waals surface area (Å²) in [7, 11) is 1.83. The van der Waals surface area contributed by atoms with Gasteiger partial charge in [0.05, 0.1) is 0 Å². The molecule has 3 rings (SSSR count). The quantitative estimate of drug-likeness (QED) is 0.657. The van der Waals surface area contributed by atoms with Gasteiger partial charge in [0.1, 0.15) is 0 Å². The Labute approximate surface area is 136 Å². The molecule has 2 aromatic carbocycles. The minimum absolute atomic E-state index is 0.0555. The van der Waals surface area contributed by atoms with Crippen molar-refractivity contribution in [1.82, 2.24) is 4.90 Å². The first-order valence-corrected chi connectivity index (χ1v) is 9.23. The Balaban J connectivity index is 1.59. The molecule has 0 unspecified atom stereocenters. The molecule has 0 fully saturated rings. The Kier molecular flexibility index (Phi) is 4.62. The number of carbonyl (C=O) groups is 1. The van der Waals surface area contributed by atoms with E-state index in [9.17, 15) is 4.79 Å². The average Bonchev–Trinajstić information content (AvgIpc) is 2.99. The van der Waals surface area contributed by atoms with Crippen LogP contribution in [-0.2, 0) is 0 Å². The second-order valence-electron chi connectivity index (χ2n) is 5.04. The molecular formula is C18H17NO2Se. The molecule has 3 aromatic rings. The van der Waals surface area contributed by atoms with E-state index in [2.05, 4.69) is 24.3 Å². The molecule has 1 aromatic heterocycles. The van der Waals surface area contributed by atoms with Gasteiger partial charge in [0.2, 0.25) is 0 Å². The Morgan fingerprint density at radius 3 is 2.59 bits per heavy atom. The molecule has 1 amide bonds. The van der Waals surface area contributed by atoms with Gasteiger partial charge in [-0.2, -0.15) is 0 Å². The molecule has 0 saturated heterocycles. The van der Waals surface area contributed by atoms with E-state index in [4.69, 9.17) is 4.42 Å². The van der Waals surface area contributed by atoms with Gasteiger partial charge in [0, 0.05) is 0 Å². The number of nitrogens with zero attached hydrogens (tertiary/aromatic N) is 1. The third-order valence-electron chi connectivity index (χ3n) is 3.42. The van der Waals surface area contributed by atoms with Crippen LogP contribution in [0.1, 0.15) is 10.6 Å². The van der Waals surface area contributed by atoms with E-state index in [0.29, 0.717) is 20.7 Å². The Hall–Kier alpha value is -2.03. The number of para-hydroxylation sites is 1.